The molecule has 2 atom stereocenters. The summed E-state index contributed by atoms with van der Waals surface area (Å²) in [5.74, 6) is -0.835. The number of carbonyl (C=O) groups is 1. The van der Waals surface area contributed by atoms with Gasteiger partial charge in [-0.1, -0.05) is 25.1 Å². The zero-order valence-electron chi connectivity index (χ0n) is 9.31. The summed E-state index contributed by atoms with van der Waals surface area (Å²) in [5, 5.41) is 18.7. The first-order chi connectivity index (χ1) is 7.61. The molecule has 0 aliphatic heterocycles. The molecule has 16 heavy (non-hydrogen) atoms. The Bertz CT molecular complexity index is 412. The fraction of sp³-hybridized carbons (Fsp3) is 0.462. The van der Waals surface area contributed by atoms with E-state index in [0.717, 1.165) is 17.5 Å². The summed E-state index contributed by atoms with van der Waals surface area (Å²) in [6.07, 6.45) is 1.08. The first-order valence-electron chi connectivity index (χ1n) is 5.64. The van der Waals surface area contributed by atoms with E-state index in [2.05, 4.69) is 6.92 Å². The summed E-state index contributed by atoms with van der Waals surface area (Å²) in [4.78, 5) is 10.7. The summed E-state index contributed by atoms with van der Waals surface area (Å²) < 4.78 is 0. The normalized spacial score (nSPS) is 23.1. The van der Waals surface area contributed by atoms with Crippen molar-refractivity contribution in [1.29, 1.82) is 0 Å². The number of benzene rings is 1. The van der Waals surface area contributed by atoms with Crippen molar-refractivity contribution in [1.82, 2.24) is 0 Å². The van der Waals surface area contributed by atoms with Crippen LogP contribution in [-0.2, 0) is 11.2 Å². The van der Waals surface area contributed by atoms with E-state index in [1.165, 1.54) is 5.56 Å². The Labute approximate surface area is 94.7 Å². The Hall–Kier alpha value is -1.35. The van der Waals surface area contributed by atoms with E-state index in [9.17, 15) is 9.90 Å². The van der Waals surface area contributed by atoms with Gasteiger partial charge in [0.05, 0.1) is 12.5 Å². The molecule has 86 valence electrons. The molecule has 2 unspecified atom stereocenters. The van der Waals surface area contributed by atoms with Crippen LogP contribution in [0, 0.1) is 0 Å². The predicted molar refractivity (Wildman–Crippen MR) is 60.4 cm³/mol. The molecule has 0 aromatic heterocycles. The van der Waals surface area contributed by atoms with Gasteiger partial charge in [0.2, 0.25) is 0 Å². The minimum Gasteiger partial charge on any atom is -0.481 e. The molecule has 0 saturated carbocycles. The van der Waals surface area contributed by atoms with Gasteiger partial charge in [-0.15, -0.1) is 0 Å². The maximum atomic E-state index is 10.7. The molecule has 1 aromatic rings. The molecule has 3 heteroatoms. The van der Waals surface area contributed by atoms with Crippen molar-refractivity contribution in [2.24, 2.45) is 0 Å². The molecule has 0 saturated heterocycles. The van der Waals surface area contributed by atoms with Gasteiger partial charge in [-0.3, -0.25) is 4.79 Å². The smallest absolute Gasteiger partial charge is 0.303 e. The van der Waals surface area contributed by atoms with Crippen LogP contribution in [-0.4, -0.2) is 16.2 Å². The summed E-state index contributed by atoms with van der Waals surface area (Å²) in [6, 6.07) is 5.99. The minimum absolute atomic E-state index is 0.0339. The van der Waals surface area contributed by atoms with Crippen LogP contribution in [0.3, 0.4) is 0 Å². The van der Waals surface area contributed by atoms with Gasteiger partial charge in [0.15, 0.2) is 0 Å². The molecule has 2 rings (SSSR count). The maximum Gasteiger partial charge on any atom is 0.303 e. The van der Waals surface area contributed by atoms with Crippen LogP contribution in [0.5, 0.6) is 0 Å². The molecule has 1 aromatic carbocycles. The van der Waals surface area contributed by atoms with Crippen molar-refractivity contribution in [2.75, 3.05) is 0 Å². The number of aliphatic hydroxyl groups excluding tert-OH is 1. The van der Waals surface area contributed by atoms with Crippen LogP contribution in [0.4, 0.5) is 0 Å². The van der Waals surface area contributed by atoms with Crippen molar-refractivity contribution in [2.45, 2.75) is 38.2 Å². The monoisotopic (exact) mass is 220 g/mol. The summed E-state index contributed by atoms with van der Waals surface area (Å²) in [7, 11) is 0. The topological polar surface area (TPSA) is 57.5 Å². The first kappa shape index (κ1) is 11.1. The van der Waals surface area contributed by atoms with Gasteiger partial charge in [0, 0.05) is 0 Å². The highest BCUT2D eigenvalue weighted by atomic mass is 16.4. The van der Waals surface area contributed by atoms with Gasteiger partial charge in [-0.2, -0.15) is 0 Å². The van der Waals surface area contributed by atoms with Crippen molar-refractivity contribution in [3.05, 3.63) is 34.9 Å². The van der Waals surface area contributed by atoms with E-state index in [0.29, 0.717) is 6.42 Å². The number of hydrogen-bond acceptors (Lipinski definition) is 2. The molecule has 1 aliphatic carbocycles. The Morgan fingerprint density at radius 2 is 2.19 bits per heavy atom. The van der Waals surface area contributed by atoms with Crippen LogP contribution >= 0.6 is 0 Å². The van der Waals surface area contributed by atoms with E-state index in [1.807, 2.05) is 18.2 Å². The zero-order chi connectivity index (χ0) is 11.7. The van der Waals surface area contributed by atoms with E-state index < -0.39 is 12.1 Å². The van der Waals surface area contributed by atoms with Crippen LogP contribution in [0.25, 0.3) is 0 Å². The van der Waals surface area contributed by atoms with Crippen LogP contribution in [0.2, 0.25) is 0 Å². The number of aliphatic carboxylic acids is 1. The van der Waals surface area contributed by atoms with Gasteiger partial charge >= 0.3 is 5.97 Å². The molecule has 0 fully saturated rings. The molecule has 0 radical (unpaired) electrons. The highest BCUT2D eigenvalue weighted by Gasteiger charge is 2.30. The lowest BCUT2D eigenvalue weighted by Gasteiger charge is -2.08. The lowest BCUT2D eigenvalue weighted by molar-refractivity contribution is -0.137. The largest absolute Gasteiger partial charge is 0.481 e. The van der Waals surface area contributed by atoms with E-state index in [4.69, 9.17) is 5.11 Å². The molecule has 1 aliphatic rings. The molecule has 0 amide bonds. The average Bonchev–Trinajstić information content (AvgIpc) is 2.54. The number of carboxylic acids is 1. The molecule has 0 heterocycles. The van der Waals surface area contributed by atoms with Gasteiger partial charge in [-0.05, 0) is 35.4 Å². The van der Waals surface area contributed by atoms with Crippen molar-refractivity contribution >= 4 is 5.97 Å². The van der Waals surface area contributed by atoms with Gasteiger partial charge < -0.3 is 10.2 Å². The second-order valence-corrected chi connectivity index (χ2v) is 4.36. The molecular formula is C13H16O3. The predicted octanol–water partition coefficient (Wildman–Crippen LogP) is 2.24. The van der Waals surface area contributed by atoms with Crippen LogP contribution < -0.4 is 0 Å². The highest BCUT2D eigenvalue weighted by molar-refractivity contribution is 5.68. The molecule has 2 N–H and O–H groups in total. The number of rotatable bonds is 3. The molecule has 3 nitrogen and oxygen atoms in total. The Kier molecular flexibility index (Phi) is 2.97. The number of aryl methyl sites for hydroxylation is 1. The fourth-order valence-electron chi connectivity index (χ4n) is 2.43. The Morgan fingerprint density at radius 3 is 2.81 bits per heavy atom. The van der Waals surface area contributed by atoms with Crippen molar-refractivity contribution < 1.29 is 15.0 Å². The summed E-state index contributed by atoms with van der Waals surface area (Å²) >= 11 is 0. The van der Waals surface area contributed by atoms with Crippen LogP contribution in [0.1, 0.15) is 48.5 Å². The van der Waals surface area contributed by atoms with Gasteiger partial charge in [0.1, 0.15) is 0 Å². The number of aliphatic hydroxyl groups is 1. The highest BCUT2D eigenvalue weighted by Crippen LogP contribution is 2.42. The number of fused-ring (bicyclic) bond motifs is 1. The van der Waals surface area contributed by atoms with Crippen molar-refractivity contribution in [3.63, 3.8) is 0 Å². The molecular weight excluding hydrogens is 204 g/mol. The summed E-state index contributed by atoms with van der Waals surface area (Å²) in [5.41, 5.74) is 3.12. The van der Waals surface area contributed by atoms with Crippen LogP contribution in [0.15, 0.2) is 18.2 Å². The fourth-order valence-corrected chi connectivity index (χ4v) is 2.43. The second kappa shape index (κ2) is 4.26. The lowest BCUT2D eigenvalue weighted by Crippen LogP contribution is -2.03. The third-order valence-electron chi connectivity index (χ3n) is 3.29. The standard InChI is InChI=1S/C13H16O3/c1-2-8-3-4-10-9(7-13(15)16)6-12(14)11(10)5-8/h3-5,9,12,14H,2,6-7H2,1H3,(H,15,16). The Morgan fingerprint density at radius 1 is 1.44 bits per heavy atom. The first-order valence-corrected chi connectivity index (χ1v) is 5.64. The zero-order valence-corrected chi connectivity index (χ0v) is 9.31. The number of carboxylic acid groups (broad SMARTS) is 1. The van der Waals surface area contributed by atoms with E-state index in [1.54, 1.807) is 0 Å². The summed E-state index contributed by atoms with van der Waals surface area (Å²) in [6.45, 7) is 2.07. The lowest BCUT2D eigenvalue weighted by atomic mass is 9.96. The second-order valence-electron chi connectivity index (χ2n) is 4.36. The SMILES string of the molecule is CCc1ccc2c(c1)C(O)CC2CC(=O)O. The molecule has 0 bridgehead atoms. The quantitative estimate of drug-likeness (QED) is 0.821. The minimum atomic E-state index is -0.801. The molecule has 0 spiro atoms. The van der Waals surface area contributed by atoms with E-state index in [-0.39, 0.29) is 12.3 Å². The van der Waals surface area contributed by atoms with Gasteiger partial charge in [0.25, 0.3) is 0 Å². The number of hydrogen-bond donors (Lipinski definition) is 2. The maximum absolute atomic E-state index is 10.7. The third-order valence-corrected chi connectivity index (χ3v) is 3.29. The Balaban J connectivity index is 2.32. The van der Waals surface area contributed by atoms with Gasteiger partial charge in [-0.25, -0.2) is 0 Å². The average molecular weight is 220 g/mol. The third kappa shape index (κ3) is 1.95. The van der Waals surface area contributed by atoms with Crippen molar-refractivity contribution in [3.8, 4) is 0 Å². The van der Waals surface area contributed by atoms with E-state index >= 15 is 0 Å².